The van der Waals surface area contributed by atoms with Gasteiger partial charge in [-0.1, -0.05) is 56.8 Å². The van der Waals surface area contributed by atoms with Crippen LogP contribution in [0.3, 0.4) is 0 Å². The molecule has 0 saturated heterocycles. The Balaban J connectivity index is 1.44. The van der Waals surface area contributed by atoms with Crippen LogP contribution in [0.15, 0.2) is 58.1 Å². The van der Waals surface area contributed by atoms with Gasteiger partial charge in [-0.25, -0.2) is 4.68 Å². The molecule has 8 nitrogen and oxygen atoms in total. The molecule has 2 aromatic carbocycles. The molecule has 0 unspecified atom stereocenters. The quantitative estimate of drug-likeness (QED) is 0.352. The van der Waals surface area contributed by atoms with E-state index in [1.54, 1.807) is 7.11 Å². The van der Waals surface area contributed by atoms with E-state index in [2.05, 4.69) is 53.3 Å². The Kier molecular flexibility index (Phi) is 5.69. The van der Waals surface area contributed by atoms with Crippen molar-refractivity contribution < 1.29 is 9.15 Å². The standard InChI is InChI=1S/C22H24N6O2S/c1-22(2,3)16-9-5-14(6-10-16)19-25-27-21(28(19)23)31-13-18-24-26-20(30-18)15-7-11-17(29-4)12-8-15/h5-12H,13,23H2,1-4H3. The molecule has 4 rings (SSSR count). The second-order valence-corrected chi connectivity index (χ2v) is 8.96. The topological polar surface area (TPSA) is 105 Å². The molecule has 0 spiro atoms. The van der Waals surface area contributed by atoms with Crippen LogP contribution in [0, 0.1) is 0 Å². The average molecular weight is 437 g/mol. The largest absolute Gasteiger partial charge is 0.497 e. The molecule has 2 heterocycles. The molecule has 0 aliphatic heterocycles. The first-order chi connectivity index (χ1) is 14.8. The van der Waals surface area contributed by atoms with Gasteiger partial charge in [0.05, 0.1) is 12.9 Å². The fourth-order valence-electron chi connectivity index (χ4n) is 2.98. The maximum atomic E-state index is 6.24. The van der Waals surface area contributed by atoms with Crippen LogP contribution in [0.4, 0.5) is 0 Å². The number of ether oxygens (including phenoxy) is 1. The van der Waals surface area contributed by atoms with Crippen molar-refractivity contribution in [2.45, 2.75) is 37.1 Å². The molecule has 0 aliphatic carbocycles. The number of nitrogens with zero attached hydrogens (tertiary/aromatic N) is 5. The number of hydrogen-bond donors (Lipinski definition) is 1. The van der Waals surface area contributed by atoms with Crippen molar-refractivity contribution in [1.29, 1.82) is 0 Å². The highest BCUT2D eigenvalue weighted by Crippen LogP contribution is 2.28. The predicted octanol–water partition coefficient (Wildman–Crippen LogP) is 4.31. The first-order valence-corrected chi connectivity index (χ1v) is 10.7. The van der Waals surface area contributed by atoms with Crippen LogP contribution in [0.5, 0.6) is 5.75 Å². The number of nitrogen functional groups attached to an aromatic ring is 1. The third-order valence-corrected chi connectivity index (χ3v) is 5.73. The second kappa shape index (κ2) is 8.43. The molecular weight excluding hydrogens is 412 g/mol. The van der Waals surface area contributed by atoms with Crippen molar-refractivity contribution >= 4 is 11.8 Å². The summed E-state index contributed by atoms with van der Waals surface area (Å²) >= 11 is 1.39. The van der Waals surface area contributed by atoms with Gasteiger partial charge in [0.25, 0.3) is 0 Å². The van der Waals surface area contributed by atoms with Gasteiger partial charge in [0.15, 0.2) is 5.82 Å². The molecule has 4 aromatic rings. The monoisotopic (exact) mass is 436 g/mol. The minimum absolute atomic E-state index is 0.0880. The molecular formula is C22H24N6O2S. The van der Waals surface area contributed by atoms with Crippen molar-refractivity contribution in [3.05, 3.63) is 60.0 Å². The summed E-state index contributed by atoms with van der Waals surface area (Å²) in [6, 6.07) is 15.7. The smallest absolute Gasteiger partial charge is 0.247 e. The van der Waals surface area contributed by atoms with E-state index in [1.807, 2.05) is 36.4 Å². The SMILES string of the molecule is COc1ccc(-c2nnc(CSc3nnc(-c4ccc(C(C)(C)C)cc4)n3N)o2)cc1. The number of hydrogen-bond acceptors (Lipinski definition) is 8. The molecule has 2 aromatic heterocycles. The number of aromatic nitrogens is 5. The lowest BCUT2D eigenvalue weighted by molar-refractivity contribution is 0.415. The summed E-state index contributed by atoms with van der Waals surface area (Å²) in [5.41, 5.74) is 3.07. The van der Waals surface area contributed by atoms with Crippen LogP contribution in [0.25, 0.3) is 22.8 Å². The summed E-state index contributed by atoms with van der Waals surface area (Å²) in [6.45, 7) is 6.54. The minimum Gasteiger partial charge on any atom is -0.497 e. The van der Waals surface area contributed by atoms with E-state index in [0.29, 0.717) is 28.5 Å². The van der Waals surface area contributed by atoms with Gasteiger partial charge >= 0.3 is 0 Å². The Morgan fingerprint density at radius 1 is 0.935 bits per heavy atom. The zero-order valence-electron chi connectivity index (χ0n) is 17.9. The Morgan fingerprint density at radius 2 is 1.61 bits per heavy atom. The first-order valence-electron chi connectivity index (χ1n) is 9.76. The van der Waals surface area contributed by atoms with E-state index < -0.39 is 0 Å². The summed E-state index contributed by atoms with van der Waals surface area (Å²) in [7, 11) is 1.62. The normalized spacial score (nSPS) is 11.6. The van der Waals surface area contributed by atoms with E-state index >= 15 is 0 Å². The zero-order chi connectivity index (χ0) is 22.0. The maximum Gasteiger partial charge on any atom is 0.247 e. The van der Waals surface area contributed by atoms with Gasteiger partial charge in [0.2, 0.25) is 16.9 Å². The molecule has 0 bridgehead atoms. The summed E-state index contributed by atoms with van der Waals surface area (Å²) in [5, 5.41) is 17.2. The van der Waals surface area contributed by atoms with Crippen LogP contribution in [-0.2, 0) is 11.2 Å². The van der Waals surface area contributed by atoms with Crippen LogP contribution >= 0.6 is 11.8 Å². The lowest BCUT2D eigenvalue weighted by atomic mass is 9.87. The Bertz CT molecular complexity index is 1160. The molecule has 0 saturated carbocycles. The Labute approximate surface area is 184 Å². The van der Waals surface area contributed by atoms with Crippen LogP contribution in [-0.4, -0.2) is 32.2 Å². The third-order valence-electron chi connectivity index (χ3n) is 4.80. The third kappa shape index (κ3) is 4.56. The van der Waals surface area contributed by atoms with Gasteiger partial charge in [-0.3, -0.25) is 0 Å². The maximum absolute atomic E-state index is 6.24. The van der Waals surface area contributed by atoms with Crippen LogP contribution < -0.4 is 10.6 Å². The number of methoxy groups -OCH3 is 1. The van der Waals surface area contributed by atoms with Gasteiger partial charge < -0.3 is 15.0 Å². The van der Waals surface area contributed by atoms with Gasteiger partial charge in [0, 0.05) is 11.1 Å². The number of rotatable bonds is 6. The molecule has 0 fully saturated rings. The highest BCUT2D eigenvalue weighted by Gasteiger charge is 2.17. The van der Waals surface area contributed by atoms with E-state index in [4.69, 9.17) is 15.0 Å². The minimum atomic E-state index is 0.0880. The van der Waals surface area contributed by atoms with Gasteiger partial charge in [-0.15, -0.1) is 20.4 Å². The summed E-state index contributed by atoms with van der Waals surface area (Å²) in [6.07, 6.45) is 0. The van der Waals surface area contributed by atoms with E-state index in [9.17, 15) is 0 Å². The van der Waals surface area contributed by atoms with Crippen molar-refractivity contribution in [2.24, 2.45) is 0 Å². The Morgan fingerprint density at radius 3 is 2.26 bits per heavy atom. The van der Waals surface area contributed by atoms with Gasteiger partial charge in [-0.05, 0) is 35.2 Å². The van der Waals surface area contributed by atoms with Gasteiger partial charge in [-0.2, -0.15) is 0 Å². The Hall–Kier alpha value is -3.33. The fraction of sp³-hybridized carbons (Fsp3) is 0.273. The fourth-order valence-corrected chi connectivity index (χ4v) is 3.67. The summed E-state index contributed by atoms with van der Waals surface area (Å²) < 4.78 is 12.4. The predicted molar refractivity (Wildman–Crippen MR) is 120 cm³/mol. The van der Waals surface area contributed by atoms with E-state index in [0.717, 1.165) is 16.9 Å². The van der Waals surface area contributed by atoms with E-state index in [-0.39, 0.29) is 5.41 Å². The zero-order valence-corrected chi connectivity index (χ0v) is 18.7. The van der Waals surface area contributed by atoms with Crippen LogP contribution in [0.1, 0.15) is 32.2 Å². The lowest BCUT2D eigenvalue weighted by Crippen LogP contribution is -2.12. The van der Waals surface area contributed by atoms with Crippen molar-refractivity contribution in [3.63, 3.8) is 0 Å². The number of nitrogens with two attached hydrogens (primary N) is 1. The molecule has 0 aliphatic rings. The highest BCUT2D eigenvalue weighted by atomic mass is 32.2. The van der Waals surface area contributed by atoms with Crippen molar-refractivity contribution in [3.8, 4) is 28.6 Å². The number of benzene rings is 2. The molecule has 160 valence electrons. The summed E-state index contributed by atoms with van der Waals surface area (Å²) in [4.78, 5) is 0. The first kappa shape index (κ1) is 20.9. The molecule has 0 radical (unpaired) electrons. The average Bonchev–Trinajstić information content (AvgIpc) is 3.38. The highest BCUT2D eigenvalue weighted by molar-refractivity contribution is 7.98. The van der Waals surface area contributed by atoms with Gasteiger partial charge in [0.1, 0.15) is 5.75 Å². The second-order valence-electron chi connectivity index (χ2n) is 8.02. The van der Waals surface area contributed by atoms with E-state index in [1.165, 1.54) is 22.0 Å². The molecule has 2 N–H and O–H groups in total. The van der Waals surface area contributed by atoms with Crippen LogP contribution in [0.2, 0.25) is 0 Å². The molecule has 0 amide bonds. The lowest BCUT2D eigenvalue weighted by Gasteiger charge is -2.19. The molecule has 0 atom stereocenters. The summed E-state index contributed by atoms with van der Waals surface area (Å²) in [5.74, 6) is 8.98. The molecule has 9 heteroatoms. The van der Waals surface area contributed by atoms with Crippen molar-refractivity contribution in [2.75, 3.05) is 13.0 Å². The van der Waals surface area contributed by atoms with Crippen molar-refractivity contribution in [1.82, 2.24) is 25.1 Å². The molecule has 31 heavy (non-hydrogen) atoms. The number of thioether (sulfide) groups is 1.